The Morgan fingerprint density at radius 1 is 0.881 bits per heavy atom. The van der Waals surface area contributed by atoms with E-state index < -0.39 is 5.60 Å². The second kappa shape index (κ2) is 13.4. The Hall–Kier alpha value is -4.50. The van der Waals surface area contributed by atoms with Gasteiger partial charge >= 0.3 is 0 Å². The molecule has 42 heavy (non-hydrogen) atoms. The van der Waals surface area contributed by atoms with Crippen LogP contribution in [0.25, 0.3) is 22.3 Å². The maximum absolute atomic E-state index is 12.2. The monoisotopic (exact) mass is 569 g/mol. The number of aliphatic hydroxyl groups is 1. The highest BCUT2D eigenvalue weighted by Gasteiger charge is 2.22. The van der Waals surface area contributed by atoms with Crippen molar-refractivity contribution in [2.75, 3.05) is 26.2 Å². The average Bonchev–Trinajstić information content (AvgIpc) is 3.64. The number of hydrogen-bond acceptors (Lipinski definition) is 6. The number of hydrogen-bond donors (Lipinski definition) is 2. The number of nitrogens with one attached hydrogen (secondary N) is 1. The number of nitrogens with zero attached hydrogens (tertiary/aromatic N) is 4. The Balaban J connectivity index is 0.000000347. The molecule has 2 fully saturated rings. The van der Waals surface area contributed by atoms with E-state index >= 15 is 0 Å². The minimum absolute atomic E-state index is 0.0340. The zero-order chi connectivity index (χ0) is 30.3. The Labute approximate surface area is 246 Å². The van der Waals surface area contributed by atoms with Crippen LogP contribution in [0, 0.1) is 0 Å². The van der Waals surface area contributed by atoms with Crippen molar-refractivity contribution in [3.05, 3.63) is 85.3 Å². The van der Waals surface area contributed by atoms with Crippen molar-refractivity contribution in [3.63, 3.8) is 0 Å². The van der Waals surface area contributed by atoms with Crippen LogP contribution >= 0.6 is 0 Å². The molecule has 9 heteroatoms. The molecule has 2 N–H and O–H groups in total. The first kappa shape index (κ1) is 30.5. The number of ether oxygens (including phenoxy) is 1. The molecule has 4 aromatic rings. The third-order valence-electron chi connectivity index (χ3n) is 7.22. The van der Waals surface area contributed by atoms with Gasteiger partial charge in [0.05, 0.1) is 23.2 Å². The van der Waals surface area contributed by atoms with E-state index in [9.17, 15) is 14.7 Å². The summed E-state index contributed by atoms with van der Waals surface area (Å²) >= 11 is 0. The molecule has 2 amide bonds. The van der Waals surface area contributed by atoms with Gasteiger partial charge in [0.1, 0.15) is 17.2 Å². The Morgan fingerprint density at radius 2 is 1.57 bits per heavy atom. The molecule has 2 aliphatic heterocycles. The predicted molar refractivity (Wildman–Crippen MR) is 164 cm³/mol. The maximum Gasteiger partial charge on any atom is 0.272 e. The lowest BCUT2D eigenvalue weighted by Crippen LogP contribution is -2.42. The van der Waals surface area contributed by atoms with Crippen molar-refractivity contribution in [2.45, 2.75) is 45.6 Å². The maximum atomic E-state index is 12.2. The number of carbonyl (C=O) groups excluding carboxylic acids is 2. The van der Waals surface area contributed by atoms with Gasteiger partial charge in [-0.05, 0) is 75.6 Å². The van der Waals surface area contributed by atoms with Crippen LogP contribution in [-0.2, 0) is 10.4 Å². The molecule has 2 aliphatic rings. The van der Waals surface area contributed by atoms with E-state index in [2.05, 4.69) is 28.1 Å². The van der Waals surface area contributed by atoms with Gasteiger partial charge in [-0.3, -0.25) is 14.6 Å². The summed E-state index contributed by atoms with van der Waals surface area (Å²) < 4.78 is 5.95. The first-order chi connectivity index (χ1) is 20.2. The fourth-order valence-corrected chi connectivity index (χ4v) is 4.64. The summed E-state index contributed by atoms with van der Waals surface area (Å²) in [7, 11) is 0. The van der Waals surface area contributed by atoms with Gasteiger partial charge in [0.25, 0.3) is 5.91 Å². The second-order valence-electron chi connectivity index (χ2n) is 10.8. The third kappa shape index (κ3) is 7.41. The van der Waals surface area contributed by atoms with Crippen LogP contribution in [0.2, 0.25) is 0 Å². The molecule has 9 nitrogen and oxygen atoms in total. The fourth-order valence-electron chi connectivity index (χ4n) is 4.64. The zero-order valence-electron chi connectivity index (χ0n) is 24.6. The molecule has 0 saturated carbocycles. The second-order valence-corrected chi connectivity index (χ2v) is 10.8. The molecule has 0 aliphatic carbocycles. The van der Waals surface area contributed by atoms with E-state index in [4.69, 9.17) is 4.74 Å². The zero-order valence-corrected chi connectivity index (χ0v) is 24.6. The van der Waals surface area contributed by atoms with E-state index in [1.165, 1.54) is 12.8 Å². The number of likely N-dealkylation sites (tertiary alicyclic amines) is 2. The summed E-state index contributed by atoms with van der Waals surface area (Å²) in [6.07, 6.45) is 6.71. The van der Waals surface area contributed by atoms with E-state index in [0.717, 1.165) is 60.5 Å². The minimum atomic E-state index is -0.923. The number of rotatable bonds is 5. The van der Waals surface area contributed by atoms with Crippen LogP contribution in [0.1, 0.15) is 56.1 Å². The number of fused-ring (bicyclic) bond motifs is 1. The van der Waals surface area contributed by atoms with Crippen LogP contribution in [0.3, 0.4) is 0 Å². The number of amides is 2. The van der Waals surface area contributed by atoms with Gasteiger partial charge in [-0.1, -0.05) is 6.07 Å². The molecule has 2 saturated heterocycles. The SMILES string of the molecule is C=C.CC(=O)N1CCCC1.CC(C)(O)c1ccc(-c2cc3cc(Oc4ccc(C(=O)N5CCC5)nc4)ccc3[nH]2)nc1. The van der Waals surface area contributed by atoms with Crippen LogP contribution in [0.4, 0.5) is 0 Å². The number of benzene rings is 1. The van der Waals surface area contributed by atoms with E-state index in [0.29, 0.717) is 17.2 Å². The van der Waals surface area contributed by atoms with Crippen LogP contribution in [0.5, 0.6) is 11.5 Å². The van der Waals surface area contributed by atoms with Gasteiger partial charge < -0.3 is 24.6 Å². The normalized spacial score (nSPS) is 14.3. The third-order valence-corrected chi connectivity index (χ3v) is 7.22. The topological polar surface area (TPSA) is 112 Å². The summed E-state index contributed by atoms with van der Waals surface area (Å²) in [5.41, 5.74) is 2.92. The molecule has 0 radical (unpaired) electrons. The lowest BCUT2D eigenvalue weighted by molar-refractivity contribution is -0.127. The standard InChI is InChI=1S/C25H24N4O3.C6H11NO.C2H4/c1-25(2,31)17-4-7-21(26-14-17)23-13-16-12-18(5-8-20(16)28-23)32-19-6-9-22(27-15-19)24(30)29-10-3-11-29;1-6(8)7-4-2-3-5-7;1-2/h4-9,12-15,28,31H,3,10-11H2,1-2H3;2-5H2,1H3;1-2H2. The lowest BCUT2D eigenvalue weighted by Gasteiger charge is -2.30. The largest absolute Gasteiger partial charge is 0.456 e. The summed E-state index contributed by atoms with van der Waals surface area (Å²) in [6, 6.07) is 15.0. The summed E-state index contributed by atoms with van der Waals surface area (Å²) in [4.78, 5) is 38.6. The van der Waals surface area contributed by atoms with E-state index in [-0.39, 0.29) is 11.8 Å². The van der Waals surface area contributed by atoms with Crippen molar-refractivity contribution in [1.29, 1.82) is 0 Å². The van der Waals surface area contributed by atoms with Crippen LogP contribution < -0.4 is 4.74 Å². The van der Waals surface area contributed by atoms with Gasteiger partial charge in [0.2, 0.25) is 5.91 Å². The lowest BCUT2D eigenvalue weighted by atomic mass is 10.0. The molecule has 0 bridgehead atoms. The van der Waals surface area contributed by atoms with Crippen molar-refractivity contribution >= 4 is 22.7 Å². The Morgan fingerprint density at radius 3 is 2.10 bits per heavy atom. The summed E-state index contributed by atoms with van der Waals surface area (Å²) in [5, 5.41) is 11.1. The van der Waals surface area contributed by atoms with Gasteiger partial charge in [0, 0.05) is 55.8 Å². The highest BCUT2D eigenvalue weighted by Crippen LogP contribution is 2.29. The predicted octanol–water partition coefficient (Wildman–Crippen LogP) is 5.92. The number of aromatic amines is 1. The smallest absolute Gasteiger partial charge is 0.272 e. The van der Waals surface area contributed by atoms with Gasteiger partial charge in [0.15, 0.2) is 0 Å². The number of H-pyrrole nitrogens is 1. The van der Waals surface area contributed by atoms with Crippen LogP contribution in [-0.4, -0.2) is 67.9 Å². The number of pyridine rings is 2. The van der Waals surface area contributed by atoms with Crippen molar-refractivity contribution in [2.24, 2.45) is 0 Å². The Bertz CT molecular complexity index is 1500. The number of aromatic nitrogens is 3. The van der Waals surface area contributed by atoms with Crippen molar-refractivity contribution in [3.8, 4) is 22.9 Å². The highest BCUT2D eigenvalue weighted by molar-refractivity contribution is 5.92. The fraction of sp³-hybridized carbons (Fsp3) is 0.333. The molecule has 0 spiro atoms. The molecule has 220 valence electrons. The molecule has 5 heterocycles. The minimum Gasteiger partial charge on any atom is -0.456 e. The molecule has 3 aromatic heterocycles. The molecule has 1 aromatic carbocycles. The Kier molecular flexibility index (Phi) is 9.75. The molecule has 6 rings (SSSR count). The van der Waals surface area contributed by atoms with Crippen molar-refractivity contribution in [1.82, 2.24) is 24.8 Å². The summed E-state index contributed by atoms with van der Waals surface area (Å²) in [6.45, 7) is 14.7. The average molecular weight is 570 g/mol. The van der Waals surface area contributed by atoms with E-state index in [1.807, 2.05) is 41.3 Å². The first-order valence-corrected chi connectivity index (χ1v) is 14.2. The molecule has 0 atom stereocenters. The number of carbonyl (C=O) groups is 2. The van der Waals surface area contributed by atoms with Crippen LogP contribution in [0.15, 0.2) is 74.1 Å². The van der Waals surface area contributed by atoms with E-state index in [1.54, 1.807) is 50.2 Å². The first-order valence-electron chi connectivity index (χ1n) is 14.2. The molecule has 0 unspecified atom stereocenters. The van der Waals surface area contributed by atoms with Gasteiger partial charge in [-0.15, -0.1) is 13.2 Å². The summed E-state index contributed by atoms with van der Waals surface area (Å²) in [5.74, 6) is 1.44. The van der Waals surface area contributed by atoms with Gasteiger partial charge in [-0.25, -0.2) is 4.98 Å². The molecular formula is C33H39N5O4. The highest BCUT2D eigenvalue weighted by atomic mass is 16.5. The van der Waals surface area contributed by atoms with Crippen molar-refractivity contribution < 1.29 is 19.4 Å². The molecular weight excluding hydrogens is 530 g/mol. The quantitative estimate of drug-likeness (QED) is 0.289. The van der Waals surface area contributed by atoms with Gasteiger partial charge in [-0.2, -0.15) is 0 Å².